The molecule has 0 amide bonds. The molecule has 0 fully saturated rings. The van der Waals surface area contributed by atoms with Crippen LogP contribution in [0.3, 0.4) is 0 Å². The van der Waals surface area contributed by atoms with Gasteiger partial charge in [-0.2, -0.15) is 0 Å². The molecule has 0 radical (unpaired) electrons. The topological polar surface area (TPSA) is 8.17 Å². The van der Waals surface area contributed by atoms with Crippen molar-refractivity contribution in [3.05, 3.63) is 255 Å². The molecule has 300 valence electrons. The summed E-state index contributed by atoms with van der Waals surface area (Å²) in [5.74, 6) is 0. The van der Waals surface area contributed by atoms with E-state index >= 15 is 0 Å². The molecular weight excluding hydrogens is 773 g/mol. The fourth-order valence-corrected chi connectivity index (χ4v) is 9.73. The number of para-hydroxylation sites is 2. The predicted molar refractivity (Wildman–Crippen MR) is 272 cm³/mol. The largest absolute Gasteiger partial charge is 0.310 e. The minimum atomic E-state index is 1.08. The van der Waals surface area contributed by atoms with E-state index in [9.17, 15) is 0 Å². The average Bonchev–Trinajstić information content (AvgIpc) is 3.72. The summed E-state index contributed by atoms with van der Waals surface area (Å²) in [5.41, 5.74) is 16.4. The van der Waals surface area contributed by atoms with Crippen molar-refractivity contribution in [1.82, 2.24) is 4.57 Å². The number of hydrogen-bond donors (Lipinski definition) is 0. The molecule has 0 aliphatic carbocycles. The summed E-state index contributed by atoms with van der Waals surface area (Å²) in [6.07, 6.45) is 0. The van der Waals surface area contributed by atoms with Crippen LogP contribution >= 0.6 is 0 Å². The van der Waals surface area contributed by atoms with Gasteiger partial charge in [0, 0.05) is 38.8 Å². The molecule has 0 saturated carbocycles. The Bertz CT molecular complexity index is 3650. The molecular formula is C62H42N2. The van der Waals surface area contributed by atoms with Crippen LogP contribution in [0.15, 0.2) is 255 Å². The molecule has 0 atom stereocenters. The summed E-state index contributed by atoms with van der Waals surface area (Å²) in [5, 5.41) is 7.48. The minimum absolute atomic E-state index is 1.08. The molecule has 12 aromatic rings. The zero-order valence-electron chi connectivity index (χ0n) is 35.1. The molecule has 1 aromatic heterocycles. The molecule has 0 N–H and O–H groups in total. The van der Waals surface area contributed by atoms with Crippen LogP contribution in [0.1, 0.15) is 0 Å². The highest BCUT2D eigenvalue weighted by molar-refractivity contribution is 6.19. The first-order chi connectivity index (χ1) is 31.7. The van der Waals surface area contributed by atoms with Gasteiger partial charge in [0.2, 0.25) is 0 Å². The van der Waals surface area contributed by atoms with Gasteiger partial charge in [-0.3, -0.25) is 0 Å². The second kappa shape index (κ2) is 15.8. The second-order valence-corrected chi connectivity index (χ2v) is 16.5. The molecule has 0 unspecified atom stereocenters. The van der Waals surface area contributed by atoms with E-state index in [0.29, 0.717) is 0 Å². The third-order valence-corrected chi connectivity index (χ3v) is 12.8. The monoisotopic (exact) mass is 814 g/mol. The lowest BCUT2D eigenvalue weighted by Crippen LogP contribution is -2.10. The maximum atomic E-state index is 2.47. The van der Waals surface area contributed by atoms with Crippen LogP contribution < -0.4 is 4.90 Å². The molecule has 1 heterocycles. The summed E-state index contributed by atoms with van der Waals surface area (Å²) in [4.78, 5) is 2.38. The lowest BCUT2D eigenvalue weighted by Gasteiger charge is -2.27. The first kappa shape index (κ1) is 37.3. The summed E-state index contributed by atoms with van der Waals surface area (Å²) < 4.78 is 2.47. The number of nitrogens with zero attached hydrogens (tertiary/aromatic N) is 2. The molecule has 2 nitrogen and oxygen atoms in total. The van der Waals surface area contributed by atoms with Gasteiger partial charge in [0.1, 0.15) is 0 Å². The Kier molecular flexibility index (Phi) is 9.20. The van der Waals surface area contributed by atoms with Crippen molar-refractivity contribution in [2.24, 2.45) is 0 Å². The van der Waals surface area contributed by atoms with Crippen LogP contribution in [0.2, 0.25) is 0 Å². The van der Waals surface area contributed by atoms with E-state index in [1.165, 1.54) is 82.3 Å². The Morgan fingerprint density at radius 1 is 0.266 bits per heavy atom. The number of rotatable bonds is 8. The molecule has 12 rings (SSSR count). The number of fused-ring (bicyclic) bond motifs is 6. The Hall–Kier alpha value is -8.46. The van der Waals surface area contributed by atoms with E-state index in [2.05, 4.69) is 264 Å². The van der Waals surface area contributed by atoms with Crippen molar-refractivity contribution in [3.63, 3.8) is 0 Å². The number of benzene rings is 11. The van der Waals surface area contributed by atoms with Crippen molar-refractivity contribution in [2.45, 2.75) is 0 Å². The number of hydrogen-bond acceptors (Lipinski definition) is 1. The highest BCUT2D eigenvalue weighted by Gasteiger charge is 2.19. The average molecular weight is 815 g/mol. The van der Waals surface area contributed by atoms with E-state index in [4.69, 9.17) is 0 Å². The third-order valence-electron chi connectivity index (χ3n) is 12.8. The fraction of sp³-hybridized carbons (Fsp3) is 0. The van der Waals surface area contributed by atoms with Gasteiger partial charge in [0.15, 0.2) is 0 Å². The van der Waals surface area contributed by atoms with Gasteiger partial charge < -0.3 is 9.47 Å². The van der Waals surface area contributed by atoms with Crippen molar-refractivity contribution < 1.29 is 0 Å². The molecule has 0 spiro atoms. The van der Waals surface area contributed by atoms with E-state index in [1.807, 2.05) is 0 Å². The first-order valence-electron chi connectivity index (χ1n) is 22.0. The molecule has 0 aliphatic heterocycles. The molecule has 0 saturated heterocycles. The fourth-order valence-electron chi connectivity index (χ4n) is 9.73. The zero-order valence-corrected chi connectivity index (χ0v) is 35.1. The Morgan fingerprint density at radius 2 is 0.797 bits per heavy atom. The molecule has 0 bridgehead atoms. The van der Waals surface area contributed by atoms with Crippen LogP contribution in [-0.4, -0.2) is 4.57 Å². The SMILES string of the molecule is c1ccc(-c2cccc(-c3ccc(N(c4ccc(-c5ccccc5-n5c6ccccc6c6ccc7ccccc7c65)cc4)c4cccc(-c5cccc6ccccc56)c4)cc3)c2)cc1. The Balaban J connectivity index is 0.977. The summed E-state index contributed by atoms with van der Waals surface area (Å²) in [7, 11) is 0. The maximum Gasteiger partial charge on any atom is 0.0619 e. The Labute approximate surface area is 373 Å². The van der Waals surface area contributed by atoms with Crippen LogP contribution in [0.5, 0.6) is 0 Å². The predicted octanol–water partition coefficient (Wildman–Crippen LogP) is 17.2. The Morgan fingerprint density at radius 3 is 1.58 bits per heavy atom. The van der Waals surface area contributed by atoms with Crippen LogP contribution in [0.4, 0.5) is 17.1 Å². The van der Waals surface area contributed by atoms with E-state index in [0.717, 1.165) is 28.3 Å². The van der Waals surface area contributed by atoms with E-state index in [-0.39, 0.29) is 0 Å². The highest BCUT2D eigenvalue weighted by Crippen LogP contribution is 2.42. The van der Waals surface area contributed by atoms with Crippen molar-refractivity contribution in [3.8, 4) is 50.2 Å². The van der Waals surface area contributed by atoms with Gasteiger partial charge in [-0.05, 0) is 110 Å². The first-order valence-corrected chi connectivity index (χ1v) is 22.0. The smallest absolute Gasteiger partial charge is 0.0619 e. The highest BCUT2D eigenvalue weighted by atomic mass is 15.1. The quantitative estimate of drug-likeness (QED) is 0.148. The second-order valence-electron chi connectivity index (χ2n) is 16.5. The molecule has 64 heavy (non-hydrogen) atoms. The van der Waals surface area contributed by atoms with Gasteiger partial charge in [0.05, 0.1) is 16.7 Å². The normalized spacial score (nSPS) is 11.4. The van der Waals surface area contributed by atoms with E-state index in [1.54, 1.807) is 0 Å². The summed E-state index contributed by atoms with van der Waals surface area (Å²) in [6, 6.07) is 92.6. The van der Waals surface area contributed by atoms with Gasteiger partial charge in [-0.25, -0.2) is 0 Å². The number of aromatic nitrogens is 1. The molecule has 11 aromatic carbocycles. The van der Waals surface area contributed by atoms with Crippen LogP contribution in [0, 0.1) is 0 Å². The van der Waals surface area contributed by atoms with E-state index < -0.39 is 0 Å². The van der Waals surface area contributed by atoms with Crippen molar-refractivity contribution >= 4 is 60.4 Å². The van der Waals surface area contributed by atoms with Crippen LogP contribution in [0.25, 0.3) is 93.5 Å². The lowest BCUT2D eigenvalue weighted by atomic mass is 9.97. The van der Waals surface area contributed by atoms with Crippen molar-refractivity contribution in [2.75, 3.05) is 4.90 Å². The number of anilines is 3. The van der Waals surface area contributed by atoms with Gasteiger partial charge in [-0.15, -0.1) is 0 Å². The standard InChI is InChI=1S/C62H42N2/c1-2-15-43(16-3-1)48-20-12-21-49(41-48)44-31-36-51(37-32-44)63(53-23-13-22-50(42-53)55-28-14-19-45-17-4-6-24-54(45)55)52-38-33-47(34-39-52)56-25-8-10-29-60(56)64-61-30-11-9-27-58(61)59-40-35-46-18-5-7-26-57(46)62(59)64/h1-42H. The molecule has 2 heteroatoms. The van der Waals surface area contributed by atoms with Crippen molar-refractivity contribution in [1.29, 1.82) is 0 Å². The minimum Gasteiger partial charge on any atom is -0.310 e. The summed E-state index contributed by atoms with van der Waals surface area (Å²) in [6.45, 7) is 0. The molecule has 0 aliphatic rings. The van der Waals surface area contributed by atoms with Crippen LogP contribution in [-0.2, 0) is 0 Å². The zero-order chi connectivity index (χ0) is 42.4. The third kappa shape index (κ3) is 6.52. The van der Waals surface area contributed by atoms with Gasteiger partial charge >= 0.3 is 0 Å². The lowest BCUT2D eigenvalue weighted by molar-refractivity contribution is 1.19. The van der Waals surface area contributed by atoms with Gasteiger partial charge in [0.25, 0.3) is 0 Å². The maximum absolute atomic E-state index is 2.47. The summed E-state index contributed by atoms with van der Waals surface area (Å²) >= 11 is 0. The van der Waals surface area contributed by atoms with Gasteiger partial charge in [-0.1, -0.05) is 200 Å².